The molecule has 0 saturated heterocycles. The van der Waals surface area contributed by atoms with E-state index in [0.717, 1.165) is 0 Å². The fourth-order valence-corrected chi connectivity index (χ4v) is 2.11. The topological polar surface area (TPSA) is 98.1 Å². The molecule has 0 aromatic carbocycles. The first kappa shape index (κ1) is 22.7. The van der Waals surface area contributed by atoms with Crippen molar-refractivity contribution in [3.63, 3.8) is 0 Å². The molecule has 1 N–H and O–H groups in total. The number of rotatable bonds is 4. The lowest BCUT2D eigenvalue weighted by molar-refractivity contribution is 0.0366. The maximum atomic E-state index is 12.3. The Morgan fingerprint density at radius 3 is 2.52 bits per heavy atom. The van der Waals surface area contributed by atoms with Gasteiger partial charge in [-0.25, -0.2) is 15.3 Å². The Labute approximate surface area is 163 Å². The first-order valence-electron chi connectivity index (χ1n) is 8.57. The Morgan fingerprint density at radius 1 is 1.33 bits per heavy atom. The molecule has 0 radical (unpaired) electrons. The summed E-state index contributed by atoms with van der Waals surface area (Å²) in [6.45, 7) is 11.3. The molecule has 2 heterocycles. The third-order valence-electron chi connectivity index (χ3n) is 2.99. The molecule has 2 amide bonds. The Morgan fingerprint density at radius 2 is 1.96 bits per heavy atom. The zero-order valence-electron chi connectivity index (χ0n) is 16.7. The quantitative estimate of drug-likeness (QED) is 0.624. The lowest BCUT2D eigenvalue weighted by atomic mass is 10.2. The number of aromatic nitrogens is 3. The van der Waals surface area contributed by atoms with E-state index in [1.165, 1.54) is 28.7 Å². The number of nitrogens with zero attached hydrogens (tertiary/aromatic N) is 4. The highest BCUT2D eigenvalue weighted by atomic mass is 35.5. The van der Waals surface area contributed by atoms with Gasteiger partial charge in [0.15, 0.2) is 5.65 Å². The number of hydrogen-bond acceptors (Lipinski definition) is 6. The minimum atomic E-state index is -0.659. The van der Waals surface area contributed by atoms with Gasteiger partial charge in [0, 0.05) is 13.1 Å². The first-order valence-corrected chi connectivity index (χ1v) is 8.95. The van der Waals surface area contributed by atoms with Gasteiger partial charge in [-0.2, -0.15) is 9.61 Å². The monoisotopic (exact) mass is 399 g/mol. The average Bonchev–Trinajstić information content (AvgIpc) is 3.02. The fourth-order valence-electron chi connectivity index (χ4n) is 1.93. The van der Waals surface area contributed by atoms with Gasteiger partial charge >= 0.3 is 6.09 Å². The molecule has 0 aliphatic rings. The van der Waals surface area contributed by atoms with Crippen LogP contribution in [0.2, 0.25) is 5.15 Å². The lowest BCUT2D eigenvalue weighted by Crippen LogP contribution is -2.35. The van der Waals surface area contributed by atoms with E-state index < -0.39 is 17.6 Å². The van der Waals surface area contributed by atoms with E-state index in [-0.39, 0.29) is 16.4 Å². The van der Waals surface area contributed by atoms with Gasteiger partial charge in [-0.1, -0.05) is 25.4 Å². The minimum absolute atomic E-state index is 0.101. The summed E-state index contributed by atoms with van der Waals surface area (Å²) in [5.41, 5.74) is 1.96. The van der Waals surface area contributed by atoms with Crippen molar-refractivity contribution < 1.29 is 19.2 Å². The van der Waals surface area contributed by atoms with Gasteiger partial charge in [-0.05, 0) is 27.7 Å². The predicted octanol–water partition coefficient (Wildman–Crippen LogP) is 3.46. The van der Waals surface area contributed by atoms with Crippen molar-refractivity contribution in [1.82, 2.24) is 20.1 Å². The summed E-state index contributed by atoms with van der Waals surface area (Å²) < 4.78 is 6.66. The van der Waals surface area contributed by atoms with Crippen molar-refractivity contribution in [2.75, 3.05) is 18.6 Å². The highest BCUT2D eigenvalue weighted by molar-refractivity contribution is 6.30. The first-order chi connectivity index (χ1) is 12.6. The summed E-state index contributed by atoms with van der Waals surface area (Å²) in [6.07, 6.45) is 0.728. The van der Waals surface area contributed by atoms with Gasteiger partial charge in [0.1, 0.15) is 22.1 Å². The summed E-state index contributed by atoms with van der Waals surface area (Å²) in [5, 5.41) is 4.22. The van der Waals surface area contributed by atoms with Crippen LogP contribution in [0.25, 0.3) is 5.65 Å². The van der Waals surface area contributed by atoms with Crippen molar-refractivity contribution in [1.29, 1.82) is 0 Å². The fraction of sp³-hybridized carbons (Fsp3) is 0.529. The summed E-state index contributed by atoms with van der Waals surface area (Å²) in [7, 11) is 1.51. The highest BCUT2D eigenvalue weighted by Gasteiger charge is 2.24. The molecule has 2 aromatic heterocycles. The van der Waals surface area contributed by atoms with Crippen LogP contribution in [0.4, 0.5) is 10.6 Å². The number of anilines is 1. The molecule has 9 nitrogen and oxygen atoms in total. The smallest absolute Gasteiger partial charge is 0.415 e. The van der Waals surface area contributed by atoms with E-state index in [0.29, 0.717) is 12.4 Å². The summed E-state index contributed by atoms with van der Waals surface area (Å²) in [5.74, 6) is -0.211. The molecule has 0 spiro atoms. The van der Waals surface area contributed by atoms with E-state index in [9.17, 15) is 9.59 Å². The van der Waals surface area contributed by atoms with Crippen LogP contribution in [0.1, 0.15) is 51.9 Å². The van der Waals surface area contributed by atoms with Gasteiger partial charge in [0.05, 0.1) is 12.8 Å². The van der Waals surface area contributed by atoms with Crippen LogP contribution in [0.5, 0.6) is 0 Å². The molecule has 27 heavy (non-hydrogen) atoms. The summed E-state index contributed by atoms with van der Waals surface area (Å²) in [4.78, 5) is 34.6. The third kappa shape index (κ3) is 5.80. The zero-order chi connectivity index (χ0) is 20.8. The SMILES string of the molecule is CC.CCONC(=O)c1cnn2c(N(C)C(=O)OC(C)(C)C)cc(Cl)nc12. The van der Waals surface area contributed by atoms with Crippen molar-refractivity contribution in [2.24, 2.45) is 0 Å². The number of ether oxygens (including phenoxy) is 1. The summed E-state index contributed by atoms with van der Waals surface area (Å²) in [6, 6.07) is 1.45. The zero-order valence-corrected chi connectivity index (χ0v) is 17.4. The van der Waals surface area contributed by atoms with Crippen molar-refractivity contribution in [3.8, 4) is 0 Å². The summed E-state index contributed by atoms with van der Waals surface area (Å²) >= 11 is 6.05. The van der Waals surface area contributed by atoms with E-state index in [1.807, 2.05) is 13.8 Å². The van der Waals surface area contributed by atoms with E-state index >= 15 is 0 Å². The lowest BCUT2D eigenvalue weighted by Gasteiger charge is -2.24. The molecule has 0 atom stereocenters. The number of hydrogen-bond donors (Lipinski definition) is 1. The molecular formula is C17H26ClN5O4. The number of fused-ring (bicyclic) bond motifs is 1. The van der Waals surface area contributed by atoms with Crippen LogP contribution in [0.3, 0.4) is 0 Å². The standard InChI is InChI=1S/C15H20ClN5O4.C2H6/c1-6-24-19-13(22)9-8-17-21-11(7-10(16)18-12(9)21)20(5)14(23)25-15(2,3)4;1-2/h7-8H,6H2,1-5H3,(H,19,22);1-2H3. The predicted molar refractivity (Wildman–Crippen MR) is 103 cm³/mol. The van der Waals surface area contributed by atoms with Crippen LogP contribution in [-0.2, 0) is 9.57 Å². The molecule has 10 heteroatoms. The van der Waals surface area contributed by atoms with Crippen molar-refractivity contribution in [3.05, 3.63) is 23.0 Å². The van der Waals surface area contributed by atoms with Crippen LogP contribution in [0, 0.1) is 0 Å². The Hall–Kier alpha value is -2.39. The molecule has 0 unspecified atom stereocenters. The van der Waals surface area contributed by atoms with Gasteiger partial charge in [-0.15, -0.1) is 0 Å². The number of nitrogens with one attached hydrogen (secondary N) is 1. The van der Waals surface area contributed by atoms with Crippen LogP contribution in [-0.4, -0.2) is 45.9 Å². The average molecular weight is 400 g/mol. The van der Waals surface area contributed by atoms with E-state index in [4.69, 9.17) is 21.2 Å². The maximum absolute atomic E-state index is 12.3. The molecule has 0 fully saturated rings. The second-order valence-electron chi connectivity index (χ2n) is 6.13. The van der Waals surface area contributed by atoms with Crippen molar-refractivity contribution in [2.45, 2.75) is 47.1 Å². The molecule has 2 aromatic rings. The van der Waals surface area contributed by atoms with E-state index in [2.05, 4.69) is 15.6 Å². The van der Waals surface area contributed by atoms with Gasteiger partial charge in [-0.3, -0.25) is 14.5 Å². The molecular weight excluding hydrogens is 374 g/mol. The number of carbonyl (C=O) groups is 2. The van der Waals surface area contributed by atoms with E-state index in [1.54, 1.807) is 27.7 Å². The van der Waals surface area contributed by atoms with Crippen LogP contribution >= 0.6 is 11.6 Å². The molecule has 0 bridgehead atoms. The van der Waals surface area contributed by atoms with Gasteiger partial charge in [0.25, 0.3) is 5.91 Å². The number of carbonyl (C=O) groups excluding carboxylic acids is 2. The Kier molecular flexibility index (Phi) is 7.98. The second-order valence-corrected chi connectivity index (χ2v) is 6.52. The van der Waals surface area contributed by atoms with Crippen LogP contribution in [0.15, 0.2) is 12.3 Å². The Balaban J connectivity index is 0.00000176. The number of hydroxylamine groups is 1. The maximum Gasteiger partial charge on any atom is 0.415 e. The largest absolute Gasteiger partial charge is 0.443 e. The highest BCUT2D eigenvalue weighted by Crippen LogP contribution is 2.23. The molecule has 150 valence electrons. The molecule has 0 aliphatic heterocycles. The molecule has 2 rings (SSSR count). The van der Waals surface area contributed by atoms with Gasteiger partial charge < -0.3 is 4.74 Å². The minimum Gasteiger partial charge on any atom is -0.443 e. The Bertz CT molecular complexity index is 800. The third-order valence-corrected chi connectivity index (χ3v) is 3.18. The van der Waals surface area contributed by atoms with Gasteiger partial charge in [0.2, 0.25) is 0 Å². The molecule has 0 aliphatic carbocycles. The van der Waals surface area contributed by atoms with Crippen LogP contribution < -0.4 is 10.4 Å². The number of halogens is 1. The number of amides is 2. The second kappa shape index (κ2) is 9.52. The van der Waals surface area contributed by atoms with Crippen molar-refractivity contribution >= 4 is 35.1 Å². The molecule has 0 saturated carbocycles. The normalized spacial score (nSPS) is 10.8.